The molecule has 134 valence electrons. The zero-order valence-corrected chi connectivity index (χ0v) is 15.3. The molecular formula is C20H19ClN2O3. The van der Waals surface area contributed by atoms with Gasteiger partial charge in [0.2, 0.25) is 0 Å². The number of Topliss-reactive ketones (excluding diaryl/α,β-unsaturated/α-hetero) is 1. The van der Waals surface area contributed by atoms with Crippen LogP contribution in [0.25, 0.3) is 11.6 Å². The summed E-state index contributed by atoms with van der Waals surface area (Å²) < 4.78 is 5.18. The van der Waals surface area contributed by atoms with Crippen LogP contribution in [0.15, 0.2) is 59.7 Å². The molecule has 0 atom stereocenters. The minimum atomic E-state index is -0.418. The highest BCUT2D eigenvalue weighted by atomic mass is 35.5. The summed E-state index contributed by atoms with van der Waals surface area (Å²) in [5.74, 6) is -0.762. The molecule has 0 aliphatic heterocycles. The van der Waals surface area contributed by atoms with E-state index in [9.17, 15) is 9.59 Å². The zero-order valence-electron chi connectivity index (χ0n) is 14.5. The number of hydrazone groups is 1. The molecule has 1 N–H and O–H groups in total. The SMILES string of the molecule is CCOC(=O)/C(=C\c1ccccc1N/N=C(\Cl)C(C)=O)c1ccccc1. The van der Waals surface area contributed by atoms with Crippen molar-refractivity contribution in [1.82, 2.24) is 0 Å². The van der Waals surface area contributed by atoms with Crippen LogP contribution in [-0.2, 0) is 14.3 Å². The lowest BCUT2D eigenvalue weighted by molar-refractivity contribution is -0.136. The number of benzene rings is 2. The number of esters is 1. The van der Waals surface area contributed by atoms with Gasteiger partial charge in [0.05, 0.1) is 17.9 Å². The number of carbonyl (C=O) groups excluding carboxylic acids is 2. The first-order valence-corrected chi connectivity index (χ1v) is 8.44. The summed E-state index contributed by atoms with van der Waals surface area (Å²) >= 11 is 5.76. The molecule has 2 rings (SSSR count). The quantitative estimate of drug-likeness (QED) is 0.259. The Morgan fingerprint density at radius 2 is 1.77 bits per heavy atom. The number of ether oxygens (including phenoxy) is 1. The second kappa shape index (κ2) is 9.53. The summed E-state index contributed by atoms with van der Waals surface area (Å²) in [6, 6.07) is 16.5. The van der Waals surface area contributed by atoms with Gasteiger partial charge >= 0.3 is 5.97 Å². The molecule has 0 fully saturated rings. The van der Waals surface area contributed by atoms with Crippen molar-refractivity contribution in [2.75, 3.05) is 12.0 Å². The average molecular weight is 371 g/mol. The largest absolute Gasteiger partial charge is 0.462 e. The van der Waals surface area contributed by atoms with Crippen molar-refractivity contribution >= 4 is 45.9 Å². The fraction of sp³-hybridized carbons (Fsp3) is 0.150. The first-order chi connectivity index (χ1) is 12.5. The minimum absolute atomic E-state index is 0.155. The Morgan fingerprint density at radius 3 is 2.42 bits per heavy atom. The Labute approximate surface area is 157 Å². The fourth-order valence-electron chi connectivity index (χ4n) is 2.15. The van der Waals surface area contributed by atoms with Crippen molar-refractivity contribution < 1.29 is 14.3 Å². The zero-order chi connectivity index (χ0) is 18.9. The summed E-state index contributed by atoms with van der Waals surface area (Å²) in [4.78, 5) is 23.6. The van der Waals surface area contributed by atoms with E-state index in [0.717, 1.165) is 5.56 Å². The number of rotatable bonds is 7. The van der Waals surface area contributed by atoms with E-state index in [-0.39, 0.29) is 17.6 Å². The van der Waals surface area contributed by atoms with Crippen molar-refractivity contribution in [3.8, 4) is 0 Å². The van der Waals surface area contributed by atoms with Gasteiger partial charge in [0.1, 0.15) is 0 Å². The van der Waals surface area contributed by atoms with Crippen LogP contribution in [0.4, 0.5) is 5.69 Å². The van der Waals surface area contributed by atoms with E-state index >= 15 is 0 Å². The highest BCUT2D eigenvalue weighted by Crippen LogP contribution is 2.24. The third-order valence-corrected chi connectivity index (χ3v) is 3.76. The Kier molecular flexibility index (Phi) is 7.12. The predicted octanol–water partition coefficient (Wildman–Crippen LogP) is 4.34. The lowest BCUT2D eigenvalue weighted by Crippen LogP contribution is -2.07. The number of halogens is 1. The Hall–Kier alpha value is -2.92. The normalized spacial score (nSPS) is 11.8. The molecule has 2 aromatic carbocycles. The highest BCUT2D eigenvalue weighted by Gasteiger charge is 2.14. The van der Waals surface area contributed by atoms with Gasteiger partial charge in [-0.2, -0.15) is 5.10 Å². The van der Waals surface area contributed by atoms with Crippen LogP contribution in [0.3, 0.4) is 0 Å². The first kappa shape index (κ1) is 19.4. The van der Waals surface area contributed by atoms with Crippen LogP contribution in [0, 0.1) is 0 Å². The predicted molar refractivity (Wildman–Crippen MR) is 105 cm³/mol. The molecular weight excluding hydrogens is 352 g/mol. The molecule has 6 heteroatoms. The molecule has 0 radical (unpaired) electrons. The molecule has 5 nitrogen and oxygen atoms in total. The van der Waals surface area contributed by atoms with Crippen LogP contribution in [0.5, 0.6) is 0 Å². The van der Waals surface area contributed by atoms with Crippen LogP contribution in [0.1, 0.15) is 25.0 Å². The number of carbonyl (C=O) groups is 2. The number of hydrogen-bond acceptors (Lipinski definition) is 5. The number of para-hydroxylation sites is 1. The monoisotopic (exact) mass is 370 g/mol. The van der Waals surface area contributed by atoms with Crippen molar-refractivity contribution in [3.63, 3.8) is 0 Å². The molecule has 0 unspecified atom stereocenters. The molecule has 0 amide bonds. The van der Waals surface area contributed by atoms with Crippen molar-refractivity contribution in [2.45, 2.75) is 13.8 Å². The molecule has 0 spiro atoms. The van der Waals surface area contributed by atoms with Gasteiger partial charge < -0.3 is 4.74 Å². The Balaban J connectivity index is 2.45. The second-order valence-corrected chi connectivity index (χ2v) is 5.66. The topological polar surface area (TPSA) is 67.8 Å². The van der Waals surface area contributed by atoms with Crippen LogP contribution in [-0.4, -0.2) is 23.5 Å². The fourth-order valence-corrected chi connectivity index (χ4v) is 2.20. The Morgan fingerprint density at radius 1 is 1.12 bits per heavy atom. The van der Waals surface area contributed by atoms with Crippen LogP contribution >= 0.6 is 11.6 Å². The standard InChI is InChI=1S/C20H19ClN2O3/c1-3-26-20(25)17(15-9-5-4-6-10-15)13-16-11-7-8-12-18(16)22-23-19(21)14(2)24/h4-13,22H,3H2,1-2H3/b17-13-,23-19-. The van der Waals surface area contributed by atoms with Crippen molar-refractivity contribution in [1.29, 1.82) is 0 Å². The maximum atomic E-state index is 12.4. The van der Waals surface area contributed by atoms with Crippen LogP contribution in [0.2, 0.25) is 0 Å². The molecule has 2 aromatic rings. The number of anilines is 1. The van der Waals surface area contributed by atoms with E-state index in [2.05, 4.69) is 10.5 Å². The average Bonchev–Trinajstić information content (AvgIpc) is 2.65. The van der Waals surface area contributed by atoms with Gasteiger partial charge in [0.15, 0.2) is 11.0 Å². The summed E-state index contributed by atoms with van der Waals surface area (Å²) in [6.07, 6.45) is 1.72. The third-order valence-electron chi connectivity index (χ3n) is 3.41. The number of nitrogens with one attached hydrogen (secondary N) is 1. The maximum Gasteiger partial charge on any atom is 0.338 e. The smallest absolute Gasteiger partial charge is 0.338 e. The molecule has 0 saturated heterocycles. The highest BCUT2D eigenvalue weighted by molar-refractivity contribution is 6.82. The van der Waals surface area contributed by atoms with Gasteiger partial charge in [-0.15, -0.1) is 0 Å². The maximum absolute atomic E-state index is 12.4. The lowest BCUT2D eigenvalue weighted by atomic mass is 10.0. The van der Waals surface area contributed by atoms with Gasteiger partial charge in [-0.1, -0.05) is 60.1 Å². The second-order valence-electron chi connectivity index (χ2n) is 5.30. The van der Waals surface area contributed by atoms with E-state index in [0.29, 0.717) is 16.8 Å². The molecule has 0 saturated carbocycles. The molecule has 0 heterocycles. The molecule has 0 aliphatic carbocycles. The third kappa shape index (κ3) is 5.29. The van der Waals surface area contributed by atoms with E-state index < -0.39 is 5.97 Å². The van der Waals surface area contributed by atoms with Gasteiger partial charge in [-0.05, 0) is 24.6 Å². The first-order valence-electron chi connectivity index (χ1n) is 8.06. The number of nitrogens with zero attached hydrogens (tertiary/aromatic N) is 1. The van der Waals surface area contributed by atoms with E-state index in [1.807, 2.05) is 48.5 Å². The van der Waals surface area contributed by atoms with E-state index in [1.54, 1.807) is 19.1 Å². The van der Waals surface area contributed by atoms with Gasteiger partial charge in [-0.3, -0.25) is 10.2 Å². The molecule has 26 heavy (non-hydrogen) atoms. The van der Waals surface area contributed by atoms with Crippen molar-refractivity contribution in [2.24, 2.45) is 5.10 Å². The van der Waals surface area contributed by atoms with Gasteiger partial charge in [-0.25, -0.2) is 4.79 Å². The molecule has 0 bridgehead atoms. The summed E-state index contributed by atoms with van der Waals surface area (Å²) in [5.41, 5.74) is 5.23. The lowest BCUT2D eigenvalue weighted by Gasteiger charge is -2.10. The Bertz CT molecular complexity index is 845. The van der Waals surface area contributed by atoms with E-state index in [4.69, 9.17) is 16.3 Å². The summed E-state index contributed by atoms with van der Waals surface area (Å²) in [6.45, 7) is 3.36. The van der Waals surface area contributed by atoms with Crippen LogP contribution < -0.4 is 5.43 Å². The number of ketones is 1. The minimum Gasteiger partial charge on any atom is -0.462 e. The number of hydrogen-bond donors (Lipinski definition) is 1. The van der Waals surface area contributed by atoms with E-state index in [1.165, 1.54) is 6.92 Å². The van der Waals surface area contributed by atoms with Gasteiger partial charge in [0, 0.05) is 12.5 Å². The van der Waals surface area contributed by atoms with Crippen molar-refractivity contribution in [3.05, 3.63) is 65.7 Å². The summed E-state index contributed by atoms with van der Waals surface area (Å²) in [7, 11) is 0. The summed E-state index contributed by atoms with van der Waals surface area (Å²) in [5, 5.41) is 3.70. The molecule has 0 aromatic heterocycles. The molecule has 0 aliphatic rings. The van der Waals surface area contributed by atoms with Gasteiger partial charge in [0.25, 0.3) is 0 Å².